The summed E-state index contributed by atoms with van der Waals surface area (Å²) in [5.41, 5.74) is 0.0765. The Morgan fingerprint density at radius 2 is 1.46 bits per heavy atom. The molecule has 9 nitrogen and oxygen atoms in total. The zero-order valence-electron chi connectivity index (χ0n) is 23.5. The topological polar surface area (TPSA) is 117 Å². The van der Waals surface area contributed by atoms with Gasteiger partial charge in [0.25, 0.3) is 0 Å². The second-order valence-corrected chi connectivity index (χ2v) is 9.85. The van der Waals surface area contributed by atoms with E-state index in [1.54, 1.807) is 32.0 Å². The molecule has 0 aromatic heterocycles. The first-order valence-corrected chi connectivity index (χ1v) is 12.9. The lowest BCUT2D eigenvalue weighted by molar-refractivity contribution is -0.154. The summed E-state index contributed by atoms with van der Waals surface area (Å²) >= 11 is 0. The molecular formula is C28H43NO8. The van der Waals surface area contributed by atoms with E-state index in [0.29, 0.717) is 24.8 Å². The van der Waals surface area contributed by atoms with Crippen LogP contribution in [0.2, 0.25) is 0 Å². The highest BCUT2D eigenvalue weighted by molar-refractivity contribution is 5.79. The van der Waals surface area contributed by atoms with Crippen LogP contribution in [0, 0.1) is 17.3 Å². The molecule has 1 N–H and O–H groups in total. The molecule has 3 atom stereocenters. The van der Waals surface area contributed by atoms with Crippen LogP contribution in [0.4, 0.5) is 0 Å². The van der Waals surface area contributed by atoms with Gasteiger partial charge in [-0.2, -0.15) is 0 Å². The van der Waals surface area contributed by atoms with Crippen molar-refractivity contribution in [3.05, 3.63) is 23.8 Å². The Morgan fingerprint density at radius 1 is 0.892 bits per heavy atom. The third-order valence-corrected chi connectivity index (χ3v) is 6.55. The van der Waals surface area contributed by atoms with Crippen LogP contribution in [-0.4, -0.2) is 50.2 Å². The number of ether oxygens (including phenoxy) is 4. The number of esters is 4. The number of rotatable bonds is 15. The standard InChI is InChI=1S/C28H43NO8/c1-9-18(4)24(30)36-22-13-12-20(17-23(22)37-25(31)19(5)10-2)16-21(26(32)34-8)29-14-15-35-27(33)28(6,7)11-3/h12-13,17-19,21,29H,9-11,14-16H2,1-8H3/t18?,19?,21-/m0/s1. The molecule has 0 radical (unpaired) electrons. The van der Waals surface area contributed by atoms with Gasteiger partial charge in [-0.1, -0.05) is 40.7 Å². The quantitative estimate of drug-likeness (QED) is 0.205. The lowest BCUT2D eigenvalue weighted by Crippen LogP contribution is -2.41. The predicted octanol–water partition coefficient (Wildman–Crippen LogP) is 4.24. The van der Waals surface area contributed by atoms with Gasteiger partial charge in [0, 0.05) is 6.54 Å². The molecule has 0 aliphatic carbocycles. The van der Waals surface area contributed by atoms with Crippen LogP contribution in [0.1, 0.15) is 73.3 Å². The van der Waals surface area contributed by atoms with Crippen molar-refractivity contribution < 1.29 is 38.1 Å². The maximum Gasteiger partial charge on any atom is 0.323 e. The van der Waals surface area contributed by atoms with Gasteiger partial charge in [0.15, 0.2) is 11.5 Å². The first-order valence-electron chi connectivity index (χ1n) is 12.9. The normalized spacial score (nSPS) is 13.7. The highest BCUT2D eigenvalue weighted by Gasteiger charge is 2.27. The molecule has 0 aliphatic rings. The summed E-state index contributed by atoms with van der Waals surface area (Å²) in [5, 5.41) is 3.06. The second kappa shape index (κ2) is 15.3. The Kier molecular flexibility index (Phi) is 13.3. The maximum atomic E-state index is 12.5. The maximum absolute atomic E-state index is 12.5. The molecule has 9 heteroatoms. The smallest absolute Gasteiger partial charge is 0.323 e. The molecule has 0 fully saturated rings. The Morgan fingerprint density at radius 3 is 1.97 bits per heavy atom. The van der Waals surface area contributed by atoms with E-state index >= 15 is 0 Å². The molecular weight excluding hydrogens is 478 g/mol. The van der Waals surface area contributed by atoms with Gasteiger partial charge in [0.2, 0.25) is 0 Å². The fraction of sp³-hybridized carbons (Fsp3) is 0.643. The van der Waals surface area contributed by atoms with Crippen LogP contribution in [0.25, 0.3) is 0 Å². The third kappa shape index (κ3) is 10.1. The number of benzene rings is 1. The Balaban J connectivity index is 3.05. The summed E-state index contributed by atoms with van der Waals surface area (Å²) in [6, 6.07) is 4.09. The molecule has 1 rings (SSSR count). The van der Waals surface area contributed by atoms with Gasteiger partial charge >= 0.3 is 23.9 Å². The van der Waals surface area contributed by atoms with E-state index in [-0.39, 0.29) is 48.9 Å². The molecule has 0 bridgehead atoms. The largest absolute Gasteiger partial charge is 0.468 e. The zero-order valence-corrected chi connectivity index (χ0v) is 23.5. The van der Waals surface area contributed by atoms with Crippen LogP contribution in [-0.2, 0) is 35.1 Å². The van der Waals surface area contributed by atoms with E-state index in [9.17, 15) is 19.2 Å². The molecule has 0 amide bonds. The van der Waals surface area contributed by atoms with Crippen LogP contribution in [0.15, 0.2) is 18.2 Å². The minimum absolute atomic E-state index is 0.0953. The van der Waals surface area contributed by atoms with Crippen LogP contribution < -0.4 is 14.8 Å². The summed E-state index contributed by atoms with van der Waals surface area (Å²) in [6.07, 6.45) is 2.05. The minimum atomic E-state index is -0.741. The van der Waals surface area contributed by atoms with Gasteiger partial charge in [-0.3, -0.25) is 19.2 Å². The van der Waals surface area contributed by atoms with E-state index in [1.165, 1.54) is 7.11 Å². The van der Waals surface area contributed by atoms with Gasteiger partial charge in [0.1, 0.15) is 12.6 Å². The molecule has 0 aliphatic heterocycles. The van der Waals surface area contributed by atoms with Crippen molar-refractivity contribution in [1.82, 2.24) is 5.32 Å². The van der Waals surface area contributed by atoms with Gasteiger partial charge in [-0.15, -0.1) is 0 Å². The second-order valence-electron chi connectivity index (χ2n) is 9.85. The minimum Gasteiger partial charge on any atom is -0.468 e. The van der Waals surface area contributed by atoms with E-state index < -0.39 is 29.4 Å². The molecule has 208 valence electrons. The van der Waals surface area contributed by atoms with Crippen LogP contribution in [0.5, 0.6) is 11.5 Å². The zero-order chi connectivity index (χ0) is 28.2. The summed E-state index contributed by atoms with van der Waals surface area (Å²) < 4.78 is 21.3. The lowest BCUT2D eigenvalue weighted by atomic mass is 9.91. The Bertz CT molecular complexity index is 927. The van der Waals surface area contributed by atoms with Crippen LogP contribution >= 0.6 is 0 Å². The third-order valence-electron chi connectivity index (χ3n) is 6.55. The van der Waals surface area contributed by atoms with Gasteiger partial charge in [-0.25, -0.2) is 0 Å². The molecule has 0 saturated heterocycles. The van der Waals surface area contributed by atoms with Gasteiger partial charge in [0.05, 0.1) is 24.4 Å². The fourth-order valence-corrected chi connectivity index (χ4v) is 2.93. The van der Waals surface area contributed by atoms with Crippen molar-refractivity contribution in [1.29, 1.82) is 0 Å². The Hall–Kier alpha value is -2.94. The highest BCUT2D eigenvalue weighted by Crippen LogP contribution is 2.31. The van der Waals surface area contributed by atoms with Crippen molar-refractivity contribution >= 4 is 23.9 Å². The highest BCUT2D eigenvalue weighted by atomic mass is 16.6. The van der Waals surface area contributed by atoms with Crippen molar-refractivity contribution in [3.63, 3.8) is 0 Å². The Labute approximate surface area is 220 Å². The van der Waals surface area contributed by atoms with E-state index in [4.69, 9.17) is 18.9 Å². The molecule has 0 spiro atoms. The summed E-state index contributed by atoms with van der Waals surface area (Å²) in [4.78, 5) is 49.4. The molecule has 37 heavy (non-hydrogen) atoms. The number of carbonyl (C=O) groups is 4. The lowest BCUT2D eigenvalue weighted by Gasteiger charge is -2.21. The molecule has 1 aromatic rings. The number of hydrogen-bond acceptors (Lipinski definition) is 9. The SMILES string of the molecule is CCC(C)C(=O)Oc1ccc(C[C@H](NCCOC(=O)C(C)(C)CC)C(=O)OC)cc1OC(=O)C(C)CC. The van der Waals surface area contributed by atoms with Crippen LogP contribution in [0.3, 0.4) is 0 Å². The summed E-state index contributed by atoms with van der Waals surface area (Å²) in [7, 11) is 1.29. The van der Waals surface area contributed by atoms with Crippen molar-refractivity contribution in [3.8, 4) is 11.5 Å². The van der Waals surface area contributed by atoms with Crippen molar-refractivity contribution in [2.24, 2.45) is 17.3 Å². The average Bonchev–Trinajstić information content (AvgIpc) is 2.89. The number of methoxy groups -OCH3 is 1. The summed E-state index contributed by atoms with van der Waals surface area (Å²) in [5.74, 6) is -2.08. The predicted molar refractivity (Wildman–Crippen MR) is 139 cm³/mol. The van der Waals surface area contributed by atoms with Gasteiger partial charge in [-0.05, 0) is 57.2 Å². The molecule has 2 unspecified atom stereocenters. The monoisotopic (exact) mass is 521 g/mol. The van der Waals surface area contributed by atoms with E-state index in [2.05, 4.69) is 5.32 Å². The first-order chi connectivity index (χ1) is 17.4. The van der Waals surface area contributed by atoms with E-state index in [0.717, 1.165) is 0 Å². The first kappa shape index (κ1) is 32.1. The van der Waals surface area contributed by atoms with Crippen molar-refractivity contribution in [2.75, 3.05) is 20.3 Å². The number of hydrogen-bond donors (Lipinski definition) is 1. The van der Waals surface area contributed by atoms with E-state index in [1.807, 2.05) is 34.6 Å². The van der Waals surface area contributed by atoms with Gasteiger partial charge < -0.3 is 24.3 Å². The molecule has 0 saturated carbocycles. The van der Waals surface area contributed by atoms with Crippen molar-refractivity contribution in [2.45, 2.75) is 80.2 Å². The number of carbonyl (C=O) groups excluding carboxylic acids is 4. The summed E-state index contributed by atoms with van der Waals surface area (Å²) in [6.45, 7) is 13.1. The average molecular weight is 522 g/mol. The molecule has 0 heterocycles. The molecule has 1 aromatic carbocycles. The number of nitrogens with one attached hydrogen (secondary N) is 1. The fourth-order valence-electron chi connectivity index (χ4n) is 2.93.